The van der Waals surface area contributed by atoms with Crippen LogP contribution in [0.1, 0.15) is 24.8 Å². The molecule has 0 bridgehead atoms. The second-order valence-corrected chi connectivity index (χ2v) is 10.0. The highest BCUT2D eigenvalue weighted by Gasteiger charge is 2.45. The first-order valence-electron chi connectivity index (χ1n) is 11.6. The number of carbonyl (C=O) groups is 1. The molecule has 2 aromatic heterocycles. The van der Waals surface area contributed by atoms with E-state index in [9.17, 15) is 34.5 Å². The summed E-state index contributed by atoms with van der Waals surface area (Å²) < 4.78 is 37.5. The minimum Gasteiger partial charge on any atom is -0.454 e. The van der Waals surface area contributed by atoms with E-state index in [0.29, 0.717) is 0 Å². The maximum absolute atomic E-state index is 12.6. The molecule has 3 aromatic rings. The SMILES string of the molecule is CC(OC(=O)Nc1nc2c(ncn2[C@@H]2O[C@H](COP(=O)(O)O)C(O)C2O)c(=O)[nH]1)c1cc2c(cc1[N+](=O)[O-])OCO2. The van der Waals surface area contributed by atoms with Gasteiger partial charge < -0.3 is 38.9 Å². The Morgan fingerprint density at radius 2 is 2.02 bits per heavy atom. The number of phosphoric acid groups is 1. The molecule has 0 spiro atoms. The lowest BCUT2D eigenvalue weighted by atomic mass is 10.1. The molecule has 1 amide bonds. The summed E-state index contributed by atoms with van der Waals surface area (Å²) in [5.41, 5.74) is -1.65. The number of aromatic nitrogens is 4. The van der Waals surface area contributed by atoms with Crippen LogP contribution in [0.3, 0.4) is 0 Å². The number of anilines is 1. The number of aliphatic hydroxyl groups is 2. The molecule has 21 heteroatoms. The van der Waals surface area contributed by atoms with E-state index >= 15 is 0 Å². The van der Waals surface area contributed by atoms with E-state index in [4.69, 9.17) is 28.7 Å². The van der Waals surface area contributed by atoms with Crippen molar-refractivity contribution in [1.82, 2.24) is 19.5 Å². The van der Waals surface area contributed by atoms with Crippen LogP contribution in [0.15, 0.2) is 23.3 Å². The first-order valence-corrected chi connectivity index (χ1v) is 13.1. The van der Waals surface area contributed by atoms with Crippen LogP contribution in [0.2, 0.25) is 0 Å². The topological polar surface area (TPSA) is 280 Å². The van der Waals surface area contributed by atoms with Gasteiger partial charge in [0.25, 0.3) is 11.2 Å². The quantitative estimate of drug-likeness (QED) is 0.111. The number of nitro benzene ring substituents is 1. The summed E-state index contributed by atoms with van der Waals surface area (Å²) in [4.78, 5) is 64.1. The monoisotopic (exact) mass is 600 g/mol. The van der Waals surface area contributed by atoms with Gasteiger partial charge in [-0.3, -0.25) is 34.3 Å². The van der Waals surface area contributed by atoms with Crippen molar-refractivity contribution in [3.05, 3.63) is 44.5 Å². The van der Waals surface area contributed by atoms with Gasteiger partial charge in [0.1, 0.15) is 24.4 Å². The Morgan fingerprint density at radius 1 is 1.32 bits per heavy atom. The summed E-state index contributed by atoms with van der Waals surface area (Å²) in [6.45, 7) is 0.473. The third-order valence-corrected chi connectivity index (χ3v) is 6.60. The number of rotatable bonds is 8. The molecule has 0 radical (unpaired) electrons. The molecule has 0 saturated carbocycles. The second-order valence-electron chi connectivity index (χ2n) is 8.77. The molecule has 20 nitrogen and oxygen atoms in total. The van der Waals surface area contributed by atoms with Gasteiger partial charge in [0.05, 0.1) is 29.5 Å². The lowest BCUT2D eigenvalue weighted by molar-refractivity contribution is -0.386. The van der Waals surface area contributed by atoms with Crippen LogP contribution < -0.4 is 20.3 Å². The average molecular weight is 600 g/mol. The van der Waals surface area contributed by atoms with Crippen LogP contribution in [0, 0.1) is 10.1 Å². The first kappa shape index (κ1) is 28.4. The number of fused-ring (bicyclic) bond motifs is 2. The van der Waals surface area contributed by atoms with Crippen LogP contribution >= 0.6 is 7.82 Å². The molecule has 0 aliphatic carbocycles. The number of aliphatic hydroxyl groups excluding tert-OH is 2. The average Bonchev–Trinajstić information content (AvgIpc) is 3.59. The highest BCUT2D eigenvalue weighted by Crippen LogP contribution is 2.41. The molecule has 1 saturated heterocycles. The third-order valence-electron chi connectivity index (χ3n) is 6.11. The number of nitro groups is 1. The van der Waals surface area contributed by atoms with E-state index in [0.717, 1.165) is 17.0 Å². The minimum absolute atomic E-state index is 0.00703. The van der Waals surface area contributed by atoms with Crippen molar-refractivity contribution in [2.24, 2.45) is 0 Å². The Hall–Kier alpha value is -4.17. The molecule has 1 fully saturated rings. The van der Waals surface area contributed by atoms with Gasteiger partial charge in [0.2, 0.25) is 12.7 Å². The standard InChI is InChI=1S/C20H21N6O14P/c1-7(8-2-10-11(37-6-36-10)3-9(8)26(31)32)39-20(30)24-19-22-16-13(17(29)23-19)21-5-25(16)18-15(28)14(27)12(40-18)4-38-41(33,34)35/h2-3,5,7,12,14-15,18,27-28H,4,6H2,1H3,(H2,33,34,35)(H2,22,23,24,29,30)/t7?,12-,14?,15?,18-/m1/s1. The Morgan fingerprint density at radius 3 is 2.71 bits per heavy atom. The molecular formula is C20H21N6O14P. The number of ether oxygens (including phenoxy) is 4. The number of aromatic amines is 1. The number of nitrogens with zero attached hydrogens (tertiary/aromatic N) is 4. The third kappa shape index (κ3) is 5.70. The number of imidazole rings is 1. The number of hydrogen-bond donors (Lipinski definition) is 6. The minimum atomic E-state index is -4.90. The number of amides is 1. The maximum Gasteiger partial charge on any atom is 0.469 e. The zero-order valence-electron chi connectivity index (χ0n) is 20.6. The van der Waals surface area contributed by atoms with Crippen LogP contribution in [0.5, 0.6) is 11.5 Å². The van der Waals surface area contributed by atoms with Crippen LogP contribution in [-0.4, -0.2) is 82.2 Å². The highest BCUT2D eigenvalue weighted by molar-refractivity contribution is 7.46. The summed E-state index contributed by atoms with van der Waals surface area (Å²) in [7, 11) is -4.90. The van der Waals surface area contributed by atoms with Gasteiger partial charge in [-0.05, 0) is 13.0 Å². The van der Waals surface area contributed by atoms with Crippen molar-refractivity contribution < 1.29 is 57.8 Å². The smallest absolute Gasteiger partial charge is 0.454 e. The van der Waals surface area contributed by atoms with Gasteiger partial charge in [-0.2, -0.15) is 4.98 Å². The molecule has 220 valence electrons. The summed E-state index contributed by atoms with van der Waals surface area (Å²) in [6.07, 6.45) is -7.33. The number of nitrogens with one attached hydrogen (secondary N) is 2. The normalized spacial score (nSPS) is 22.6. The fraction of sp³-hybridized carbons (Fsp3) is 0.400. The summed E-state index contributed by atoms with van der Waals surface area (Å²) in [5.74, 6) is -0.0486. The zero-order chi connectivity index (χ0) is 29.6. The number of carbonyl (C=O) groups excluding carboxylic acids is 1. The Bertz CT molecular complexity index is 1620. The predicted molar refractivity (Wildman–Crippen MR) is 130 cm³/mol. The molecule has 41 heavy (non-hydrogen) atoms. The molecule has 1 aromatic carbocycles. The Kier molecular flexibility index (Phi) is 7.38. The van der Waals surface area contributed by atoms with Gasteiger partial charge in [-0.1, -0.05) is 0 Å². The van der Waals surface area contributed by atoms with Crippen molar-refractivity contribution in [3.8, 4) is 11.5 Å². The summed E-state index contributed by atoms with van der Waals surface area (Å²) >= 11 is 0. The molecule has 2 aliphatic heterocycles. The molecule has 5 atom stereocenters. The van der Waals surface area contributed by atoms with Crippen LogP contribution in [-0.2, 0) is 18.6 Å². The van der Waals surface area contributed by atoms with Gasteiger partial charge in [0, 0.05) is 0 Å². The van der Waals surface area contributed by atoms with Gasteiger partial charge in [0.15, 0.2) is 28.9 Å². The fourth-order valence-electron chi connectivity index (χ4n) is 4.22. The lowest BCUT2D eigenvalue weighted by Gasteiger charge is -2.17. The van der Waals surface area contributed by atoms with Crippen LogP contribution in [0.4, 0.5) is 16.4 Å². The summed E-state index contributed by atoms with van der Waals surface area (Å²) in [6, 6.07) is 2.45. The molecule has 5 rings (SSSR count). The van der Waals surface area contributed by atoms with E-state index in [1.807, 2.05) is 0 Å². The Labute approximate surface area is 226 Å². The fourth-order valence-corrected chi connectivity index (χ4v) is 4.56. The van der Waals surface area contributed by atoms with E-state index in [2.05, 4.69) is 24.8 Å². The van der Waals surface area contributed by atoms with Crippen molar-refractivity contribution in [2.75, 3.05) is 18.7 Å². The molecule has 3 unspecified atom stereocenters. The van der Waals surface area contributed by atoms with Crippen molar-refractivity contribution in [3.63, 3.8) is 0 Å². The van der Waals surface area contributed by atoms with Gasteiger partial charge in [-0.25, -0.2) is 14.3 Å². The largest absolute Gasteiger partial charge is 0.469 e. The summed E-state index contributed by atoms with van der Waals surface area (Å²) in [5, 5.41) is 34.4. The number of hydrogen-bond acceptors (Lipinski definition) is 14. The molecular weight excluding hydrogens is 579 g/mol. The number of H-pyrrole nitrogens is 1. The number of phosphoric ester groups is 1. The second kappa shape index (κ2) is 10.7. The van der Waals surface area contributed by atoms with E-state index in [-0.39, 0.29) is 40.7 Å². The van der Waals surface area contributed by atoms with Crippen molar-refractivity contribution >= 4 is 36.7 Å². The number of benzene rings is 1. The van der Waals surface area contributed by atoms with Gasteiger partial charge >= 0.3 is 13.9 Å². The van der Waals surface area contributed by atoms with Crippen LogP contribution in [0.25, 0.3) is 11.2 Å². The molecule has 2 aliphatic rings. The van der Waals surface area contributed by atoms with E-state index < -0.39 is 67.6 Å². The van der Waals surface area contributed by atoms with Crippen molar-refractivity contribution in [1.29, 1.82) is 0 Å². The van der Waals surface area contributed by atoms with E-state index in [1.54, 1.807) is 0 Å². The van der Waals surface area contributed by atoms with E-state index in [1.165, 1.54) is 13.0 Å². The molecule has 6 N–H and O–H groups in total. The Balaban J connectivity index is 1.34. The zero-order valence-corrected chi connectivity index (χ0v) is 21.5. The predicted octanol–water partition coefficient (Wildman–Crippen LogP) is -0.205. The van der Waals surface area contributed by atoms with Crippen molar-refractivity contribution in [2.45, 2.75) is 37.6 Å². The lowest BCUT2D eigenvalue weighted by Crippen LogP contribution is -2.33. The molecule has 4 heterocycles. The van der Waals surface area contributed by atoms with Gasteiger partial charge in [-0.15, -0.1) is 0 Å². The first-order chi connectivity index (χ1) is 19.3. The highest BCUT2D eigenvalue weighted by atomic mass is 31.2. The maximum atomic E-state index is 12.6.